The van der Waals surface area contributed by atoms with Crippen LogP contribution in [0.15, 0.2) is 18.9 Å². The van der Waals surface area contributed by atoms with Gasteiger partial charge in [0, 0.05) is 12.6 Å². The molecule has 1 N–H and O–H groups in total. The molecule has 0 aromatic carbocycles. The maximum atomic E-state index is 12.2. The second-order valence-electron chi connectivity index (χ2n) is 6.26. The molecule has 0 aliphatic carbocycles. The Morgan fingerprint density at radius 1 is 1.25 bits per heavy atom. The molecule has 1 amide bonds. The van der Waals surface area contributed by atoms with Gasteiger partial charge in [0.05, 0.1) is 19.3 Å². The van der Waals surface area contributed by atoms with Crippen molar-refractivity contribution in [2.24, 2.45) is 0 Å². The number of piperidine rings is 1. The summed E-state index contributed by atoms with van der Waals surface area (Å²) in [6.07, 6.45) is 8.68. The minimum atomic E-state index is -0.216. The zero-order chi connectivity index (χ0) is 16.8. The number of carbonyl (C=O) groups excluding carboxylic acids is 1. The van der Waals surface area contributed by atoms with Crippen molar-refractivity contribution in [2.45, 2.75) is 45.3 Å². The SMILES string of the molecule is CC(Cn1cncn1)NC(=O)c1cn(CCN2CCCCC2)nn1. The van der Waals surface area contributed by atoms with E-state index in [1.807, 2.05) is 6.92 Å². The maximum Gasteiger partial charge on any atom is 0.273 e. The molecular formula is C15H24N8O. The Morgan fingerprint density at radius 3 is 2.83 bits per heavy atom. The molecule has 2 aromatic heterocycles. The molecule has 1 unspecified atom stereocenters. The Bertz CT molecular complexity index is 632. The molecule has 3 rings (SSSR count). The highest BCUT2D eigenvalue weighted by molar-refractivity contribution is 5.92. The van der Waals surface area contributed by atoms with E-state index in [-0.39, 0.29) is 11.9 Å². The van der Waals surface area contributed by atoms with Gasteiger partial charge in [0.1, 0.15) is 12.7 Å². The number of nitrogens with zero attached hydrogens (tertiary/aromatic N) is 7. The second-order valence-corrected chi connectivity index (χ2v) is 6.26. The fraction of sp³-hybridized carbons (Fsp3) is 0.667. The molecule has 1 fully saturated rings. The second kappa shape index (κ2) is 8.00. The molecule has 2 aromatic rings. The fourth-order valence-corrected chi connectivity index (χ4v) is 2.89. The third-order valence-electron chi connectivity index (χ3n) is 4.17. The van der Waals surface area contributed by atoms with Crippen LogP contribution < -0.4 is 5.32 Å². The zero-order valence-electron chi connectivity index (χ0n) is 14.0. The number of amides is 1. The summed E-state index contributed by atoms with van der Waals surface area (Å²) in [4.78, 5) is 18.5. The van der Waals surface area contributed by atoms with Crippen molar-refractivity contribution in [1.29, 1.82) is 0 Å². The van der Waals surface area contributed by atoms with Gasteiger partial charge in [-0.05, 0) is 32.9 Å². The van der Waals surface area contributed by atoms with Crippen molar-refractivity contribution >= 4 is 5.91 Å². The predicted molar refractivity (Wildman–Crippen MR) is 87.3 cm³/mol. The lowest BCUT2D eigenvalue weighted by molar-refractivity contribution is 0.0931. The smallest absolute Gasteiger partial charge is 0.273 e. The minimum absolute atomic E-state index is 0.0716. The number of hydrogen-bond donors (Lipinski definition) is 1. The molecule has 0 spiro atoms. The average molecular weight is 332 g/mol. The molecule has 24 heavy (non-hydrogen) atoms. The van der Waals surface area contributed by atoms with Crippen LogP contribution in [0.2, 0.25) is 0 Å². The number of likely N-dealkylation sites (tertiary alicyclic amines) is 1. The summed E-state index contributed by atoms with van der Waals surface area (Å²) in [7, 11) is 0. The van der Waals surface area contributed by atoms with Crippen LogP contribution in [0.1, 0.15) is 36.7 Å². The zero-order valence-corrected chi connectivity index (χ0v) is 14.0. The first kappa shape index (κ1) is 16.6. The Morgan fingerprint density at radius 2 is 2.08 bits per heavy atom. The maximum absolute atomic E-state index is 12.2. The molecule has 1 atom stereocenters. The lowest BCUT2D eigenvalue weighted by Gasteiger charge is -2.25. The average Bonchev–Trinajstić information content (AvgIpc) is 3.25. The van der Waals surface area contributed by atoms with Crippen molar-refractivity contribution in [3.63, 3.8) is 0 Å². The van der Waals surface area contributed by atoms with E-state index >= 15 is 0 Å². The Kier molecular flexibility index (Phi) is 5.52. The molecule has 1 aliphatic heterocycles. The van der Waals surface area contributed by atoms with Crippen LogP contribution in [-0.2, 0) is 13.1 Å². The van der Waals surface area contributed by atoms with Gasteiger partial charge in [-0.2, -0.15) is 5.10 Å². The van der Waals surface area contributed by atoms with Gasteiger partial charge in [-0.25, -0.2) is 4.98 Å². The lowest BCUT2D eigenvalue weighted by Crippen LogP contribution is -2.36. The van der Waals surface area contributed by atoms with Crippen LogP contribution in [0.3, 0.4) is 0 Å². The number of carbonyl (C=O) groups is 1. The quantitative estimate of drug-likeness (QED) is 0.777. The number of hydrogen-bond acceptors (Lipinski definition) is 6. The minimum Gasteiger partial charge on any atom is -0.346 e. The van der Waals surface area contributed by atoms with Gasteiger partial charge in [-0.3, -0.25) is 14.2 Å². The molecule has 9 nitrogen and oxygen atoms in total. The highest BCUT2D eigenvalue weighted by atomic mass is 16.2. The lowest BCUT2D eigenvalue weighted by atomic mass is 10.1. The summed E-state index contributed by atoms with van der Waals surface area (Å²) in [5, 5.41) is 15.0. The molecule has 130 valence electrons. The first-order valence-corrected chi connectivity index (χ1v) is 8.46. The number of rotatable bonds is 7. The molecule has 0 saturated carbocycles. The molecule has 0 radical (unpaired) electrons. The standard InChI is InChI=1S/C15H24N8O/c1-13(9-23-12-16-11-17-23)18-15(24)14-10-22(20-19-14)8-7-21-5-3-2-4-6-21/h10-13H,2-9H2,1H3,(H,18,24). The van der Waals surface area contributed by atoms with E-state index in [4.69, 9.17) is 0 Å². The molecule has 0 bridgehead atoms. The Labute approximate surface area is 141 Å². The summed E-state index contributed by atoms with van der Waals surface area (Å²) >= 11 is 0. The van der Waals surface area contributed by atoms with Gasteiger partial charge in [0.25, 0.3) is 5.91 Å². The van der Waals surface area contributed by atoms with Crippen LogP contribution in [0, 0.1) is 0 Å². The first-order chi connectivity index (χ1) is 11.7. The van der Waals surface area contributed by atoms with E-state index in [9.17, 15) is 4.79 Å². The van der Waals surface area contributed by atoms with Crippen molar-refractivity contribution in [3.8, 4) is 0 Å². The number of nitrogens with one attached hydrogen (secondary N) is 1. The van der Waals surface area contributed by atoms with Crippen molar-refractivity contribution in [1.82, 2.24) is 40.0 Å². The molecule has 3 heterocycles. The number of aromatic nitrogens is 6. The van der Waals surface area contributed by atoms with Gasteiger partial charge in [0.2, 0.25) is 0 Å². The summed E-state index contributed by atoms with van der Waals surface area (Å²) in [6, 6.07) is -0.0716. The summed E-state index contributed by atoms with van der Waals surface area (Å²) < 4.78 is 3.42. The van der Waals surface area contributed by atoms with E-state index in [1.54, 1.807) is 21.9 Å². The largest absolute Gasteiger partial charge is 0.346 e. The van der Waals surface area contributed by atoms with Gasteiger partial charge >= 0.3 is 0 Å². The van der Waals surface area contributed by atoms with Crippen LogP contribution in [0.4, 0.5) is 0 Å². The third-order valence-corrected chi connectivity index (χ3v) is 4.17. The molecular weight excluding hydrogens is 308 g/mol. The molecule has 1 aliphatic rings. The van der Waals surface area contributed by atoms with E-state index < -0.39 is 0 Å². The summed E-state index contributed by atoms with van der Waals surface area (Å²) in [5.41, 5.74) is 0.346. The summed E-state index contributed by atoms with van der Waals surface area (Å²) in [6.45, 7) is 6.50. The van der Waals surface area contributed by atoms with E-state index in [1.165, 1.54) is 25.6 Å². The monoisotopic (exact) mass is 332 g/mol. The van der Waals surface area contributed by atoms with E-state index in [0.717, 1.165) is 26.2 Å². The van der Waals surface area contributed by atoms with Gasteiger partial charge in [-0.1, -0.05) is 11.6 Å². The highest BCUT2D eigenvalue weighted by Gasteiger charge is 2.15. The van der Waals surface area contributed by atoms with Gasteiger partial charge in [0.15, 0.2) is 5.69 Å². The third kappa shape index (κ3) is 4.60. The van der Waals surface area contributed by atoms with Gasteiger partial charge < -0.3 is 10.2 Å². The molecule has 9 heteroatoms. The van der Waals surface area contributed by atoms with Crippen LogP contribution >= 0.6 is 0 Å². The van der Waals surface area contributed by atoms with Gasteiger partial charge in [-0.15, -0.1) is 5.10 Å². The topological polar surface area (TPSA) is 93.8 Å². The summed E-state index contributed by atoms with van der Waals surface area (Å²) in [5.74, 6) is -0.216. The van der Waals surface area contributed by atoms with E-state index in [2.05, 4.69) is 30.6 Å². The van der Waals surface area contributed by atoms with E-state index in [0.29, 0.717) is 12.2 Å². The van der Waals surface area contributed by atoms with Crippen LogP contribution in [-0.4, -0.2) is 66.2 Å². The predicted octanol–water partition coefficient (Wildman–Crippen LogP) is 0.174. The fourth-order valence-electron chi connectivity index (χ4n) is 2.89. The van der Waals surface area contributed by atoms with Crippen molar-refractivity contribution in [3.05, 3.63) is 24.5 Å². The normalized spacial score (nSPS) is 16.9. The Hall–Kier alpha value is -2.29. The first-order valence-electron chi connectivity index (χ1n) is 8.46. The highest BCUT2D eigenvalue weighted by Crippen LogP contribution is 2.08. The van der Waals surface area contributed by atoms with Crippen LogP contribution in [0.5, 0.6) is 0 Å². The Balaban J connectivity index is 1.46. The van der Waals surface area contributed by atoms with Crippen molar-refractivity contribution < 1.29 is 4.79 Å². The van der Waals surface area contributed by atoms with Crippen LogP contribution in [0.25, 0.3) is 0 Å². The molecule has 1 saturated heterocycles. The van der Waals surface area contributed by atoms with Crippen molar-refractivity contribution in [2.75, 3.05) is 19.6 Å².